The number of H-pyrrole nitrogens is 1. The molecular formula is C26H23ClF5N3O4S. The Balaban J connectivity index is 0.000000219. The van der Waals surface area contributed by atoms with Crippen molar-refractivity contribution < 1.29 is 40.3 Å². The van der Waals surface area contributed by atoms with Crippen LogP contribution < -0.4 is 0 Å². The number of carbonyl (C=O) groups is 1. The van der Waals surface area contributed by atoms with Gasteiger partial charge in [-0.25, -0.2) is 8.42 Å². The van der Waals surface area contributed by atoms with Crippen LogP contribution in [0.2, 0.25) is 5.02 Å². The monoisotopic (exact) mass is 603 g/mol. The Morgan fingerprint density at radius 1 is 1.12 bits per heavy atom. The lowest BCUT2D eigenvalue weighted by atomic mass is 10.1. The average molecular weight is 604 g/mol. The highest BCUT2D eigenvalue weighted by Crippen LogP contribution is 2.47. The van der Waals surface area contributed by atoms with Crippen LogP contribution in [0.15, 0.2) is 59.5 Å². The van der Waals surface area contributed by atoms with Crippen LogP contribution in [-0.2, 0) is 20.0 Å². The van der Waals surface area contributed by atoms with Crippen molar-refractivity contribution in [2.24, 2.45) is 0 Å². The summed E-state index contributed by atoms with van der Waals surface area (Å²) in [5, 5.41) is 17.7. The normalized spacial score (nSPS) is 20.9. The van der Waals surface area contributed by atoms with Gasteiger partial charge in [0.2, 0.25) is 0 Å². The van der Waals surface area contributed by atoms with E-state index in [9.17, 15) is 35.2 Å². The first-order valence-corrected chi connectivity index (χ1v) is 13.9. The lowest BCUT2D eigenvalue weighted by Gasteiger charge is -2.27. The van der Waals surface area contributed by atoms with Gasteiger partial charge in [-0.2, -0.15) is 27.2 Å². The molecule has 2 heterocycles. The predicted molar refractivity (Wildman–Crippen MR) is 136 cm³/mol. The molecule has 0 spiro atoms. The van der Waals surface area contributed by atoms with E-state index in [2.05, 4.69) is 23.2 Å². The van der Waals surface area contributed by atoms with E-state index in [1.807, 2.05) is 18.2 Å². The number of likely N-dealkylation sites (tertiary alicyclic amines) is 1. The second kappa shape index (κ2) is 10.6. The number of fused-ring (bicyclic) bond motifs is 1. The Labute approximate surface area is 231 Å². The third-order valence-corrected chi connectivity index (χ3v) is 9.69. The predicted octanol–water partition coefficient (Wildman–Crippen LogP) is 5.56. The van der Waals surface area contributed by atoms with Gasteiger partial charge in [-0.3, -0.25) is 9.69 Å². The largest absolute Gasteiger partial charge is 0.480 e. The van der Waals surface area contributed by atoms with Gasteiger partial charge in [0.25, 0.3) is 0 Å². The number of sulfone groups is 1. The molecule has 1 aromatic heterocycles. The quantitative estimate of drug-likeness (QED) is 0.357. The van der Waals surface area contributed by atoms with Gasteiger partial charge in [-0.1, -0.05) is 41.9 Å². The van der Waals surface area contributed by atoms with Crippen molar-refractivity contribution in [1.29, 1.82) is 5.26 Å². The van der Waals surface area contributed by atoms with Crippen molar-refractivity contribution >= 4 is 38.3 Å². The molecule has 0 bridgehead atoms. The van der Waals surface area contributed by atoms with Crippen LogP contribution in [0.1, 0.15) is 25.0 Å². The smallest absolute Gasteiger partial charge is 0.454 e. The Hall–Kier alpha value is -3.21. The van der Waals surface area contributed by atoms with E-state index < -0.39 is 58.7 Å². The lowest BCUT2D eigenvalue weighted by molar-refractivity contribution is -0.287. The lowest BCUT2D eigenvalue weighted by Crippen LogP contribution is -2.50. The van der Waals surface area contributed by atoms with Crippen molar-refractivity contribution in [1.82, 2.24) is 9.88 Å². The molecule has 2 aliphatic rings. The fourth-order valence-corrected chi connectivity index (χ4v) is 6.86. The van der Waals surface area contributed by atoms with Crippen molar-refractivity contribution in [3.8, 4) is 6.07 Å². The first-order valence-electron chi connectivity index (χ1n) is 12.0. The molecule has 2 atom stereocenters. The summed E-state index contributed by atoms with van der Waals surface area (Å²) in [6.45, 7) is -2.72. The molecule has 5 rings (SSSR count). The minimum atomic E-state index is -5.88. The van der Waals surface area contributed by atoms with Gasteiger partial charge in [0.15, 0.2) is 9.84 Å². The van der Waals surface area contributed by atoms with Gasteiger partial charge in [-0.15, -0.1) is 0 Å². The Morgan fingerprint density at radius 2 is 1.75 bits per heavy atom. The molecule has 214 valence electrons. The summed E-state index contributed by atoms with van der Waals surface area (Å²) in [6, 6.07) is 16.1. The molecule has 3 aromatic rings. The number of para-hydroxylation sites is 1. The van der Waals surface area contributed by atoms with Crippen molar-refractivity contribution in [3.05, 3.63) is 65.3 Å². The minimum Gasteiger partial charge on any atom is -0.480 e. The highest BCUT2D eigenvalue weighted by atomic mass is 35.5. The van der Waals surface area contributed by atoms with Crippen LogP contribution in [0, 0.1) is 11.3 Å². The summed E-state index contributed by atoms with van der Waals surface area (Å²) in [7, 11) is -4.22. The number of hydrogen-bond acceptors (Lipinski definition) is 5. The average Bonchev–Trinajstić information content (AvgIpc) is 3.35. The number of aromatic nitrogens is 1. The number of aromatic amines is 1. The summed E-state index contributed by atoms with van der Waals surface area (Å²) in [4.78, 5) is 14.6. The molecule has 0 amide bonds. The Bertz CT molecular complexity index is 1530. The standard InChI is InChI=1S/C14H13ClF5NO4S.C12H10N2/c15-9-3-1-2-4-11(9)26(24,25)8-5-10(12(22)23)21(6-8)7-13(16,17)14(18,19)20;13-8-12(5-6-12)11-7-9-3-1-2-4-10(9)14-11/h1-4,8,10H,5-7H2,(H,22,23);1-4,7,14H,5-6H2/t8-,10+;/m1./s1. The van der Waals surface area contributed by atoms with Gasteiger partial charge < -0.3 is 10.1 Å². The van der Waals surface area contributed by atoms with Crippen molar-refractivity contribution in [2.75, 3.05) is 13.1 Å². The Morgan fingerprint density at radius 3 is 2.30 bits per heavy atom. The zero-order valence-corrected chi connectivity index (χ0v) is 22.2. The van der Waals surface area contributed by atoms with Crippen LogP contribution in [-0.4, -0.2) is 65.9 Å². The molecule has 2 aromatic carbocycles. The molecular weight excluding hydrogens is 581 g/mol. The van der Waals surface area contributed by atoms with Gasteiger partial charge in [0.1, 0.15) is 6.04 Å². The van der Waals surface area contributed by atoms with E-state index >= 15 is 0 Å². The molecule has 2 N–H and O–H groups in total. The molecule has 1 saturated carbocycles. The van der Waals surface area contributed by atoms with E-state index in [-0.39, 0.29) is 15.3 Å². The van der Waals surface area contributed by atoms with Gasteiger partial charge in [0, 0.05) is 17.8 Å². The minimum absolute atomic E-state index is 0.154. The zero-order chi connectivity index (χ0) is 29.5. The molecule has 2 fully saturated rings. The summed E-state index contributed by atoms with van der Waals surface area (Å²) >= 11 is 5.81. The van der Waals surface area contributed by atoms with E-state index in [4.69, 9.17) is 22.0 Å². The number of rotatable bonds is 6. The highest BCUT2D eigenvalue weighted by molar-refractivity contribution is 7.92. The second-order valence-corrected chi connectivity index (χ2v) is 12.4. The van der Waals surface area contributed by atoms with Gasteiger partial charge in [0.05, 0.1) is 33.2 Å². The van der Waals surface area contributed by atoms with E-state index in [1.165, 1.54) is 23.6 Å². The van der Waals surface area contributed by atoms with Crippen LogP contribution in [0.25, 0.3) is 10.9 Å². The summed E-state index contributed by atoms with van der Waals surface area (Å²) in [6.07, 6.45) is -4.51. The fourth-order valence-electron chi connectivity index (χ4n) is 4.62. The molecule has 0 unspecified atom stereocenters. The number of halogens is 6. The zero-order valence-electron chi connectivity index (χ0n) is 20.6. The van der Waals surface area contributed by atoms with Crippen LogP contribution in [0.5, 0.6) is 0 Å². The SMILES string of the molecule is N#CC1(c2cc3ccccc3[nH]2)CC1.O=C(O)[C@@H]1C[C@@H](S(=O)(=O)c2ccccc2Cl)CN1CC(F)(F)C(F)(F)F. The van der Waals surface area contributed by atoms with Crippen molar-refractivity contribution in [3.63, 3.8) is 0 Å². The number of carboxylic acid groups (broad SMARTS) is 1. The van der Waals surface area contributed by atoms with E-state index in [0.717, 1.165) is 30.1 Å². The summed E-state index contributed by atoms with van der Waals surface area (Å²) < 4.78 is 89.0. The summed E-state index contributed by atoms with van der Waals surface area (Å²) in [5.41, 5.74) is 2.02. The Kier molecular flexibility index (Phi) is 7.92. The number of carboxylic acids is 1. The number of nitriles is 1. The van der Waals surface area contributed by atoms with Crippen LogP contribution in [0.3, 0.4) is 0 Å². The second-order valence-electron chi connectivity index (χ2n) is 9.78. The molecule has 0 radical (unpaired) electrons. The maximum atomic E-state index is 13.3. The summed E-state index contributed by atoms with van der Waals surface area (Å²) in [5.74, 6) is -6.86. The number of alkyl halides is 5. The molecule has 1 aliphatic carbocycles. The molecule has 14 heteroatoms. The first kappa shape index (κ1) is 29.8. The molecule has 1 saturated heterocycles. The number of aliphatic carboxylic acids is 1. The first-order chi connectivity index (χ1) is 18.6. The number of nitrogens with zero attached hydrogens (tertiary/aromatic N) is 2. The number of nitrogens with one attached hydrogen (secondary N) is 1. The third-order valence-electron chi connectivity index (χ3n) is 7.06. The van der Waals surface area contributed by atoms with Crippen molar-refractivity contribution in [2.45, 2.75) is 53.0 Å². The van der Waals surface area contributed by atoms with E-state index in [1.54, 1.807) is 0 Å². The van der Waals surface area contributed by atoms with Gasteiger partial charge >= 0.3 is 18.1 Å². The fraction of sp³-hybridized carbons (Fsp3) is 0.385. The topological polar surface area (TPSA) is 114 Å². The highest BCUT2D eigenvalue weighted by Gasteiger charge is 2.60. The molecule has 1 aliphatic heterocycles. The molecule has 40 heavy (non-hydrogen) atoms. The number of hydrogen-bond donors (Lipinski definition) is 2. The number of benzene rings is 2. The van der Waals surface area contributed by atoms with Gasteiger partial charge in [-0.05, 0) is 48.9 Å². The van der Waals surface area contributed by atoms with Crippen LogP contribution in [0.4, 0.5) is 22.0 Å². The van der Waals surface area contributed by atoms with E-state index in [0.29, 0.717) is 4.90 Å². The third kappa shape index (κ3) is 5.80. The van der Waals surface area contributed by atoms with Crippen LogP contribution >= 0.6 is 11.6 Å². The molecule has 7 nitrogen and oxygen atoms in total. The maximum absolute atomic E-state index is 13.3. The maximum Gasteiger partial charge on any atom is 0.454 e.